The van der Waals surface area contributed by atoms with Crippen LogP contribution in [0.2, 0.25) is 0 Å². The Balaban J connectivity index is 2.34. The van der Waals surface area contributed by atoms with Crippen LogP contribution < -0.4 is 5.32 Å². The highest BCUT2D eigenvalue weighted by atomic mass is 16.5. The van der Waals surface area contributed by atoms with Crippen molar-refractivity contribution in [2.45, 2.75) is 19.9 Å². The maximum Gasteiger partial charge on any atom is 0.309 e. The minimum absolute atomic E-state index is 0.104. The molecule has 0 aromatic carbocycles. The van der Waals surface area contributed by atoms with Crippen molar-refractivity contribution < 1.29 is 13.9 Å². The summed E-state index contributed by atoms with van der Waals surface area (Å²) >= 11 is 0. The largest absolute Gasteiger partial charge is 0.469 e. The van der Waals surface area contributed by atoms with E-state index < -0.39 is 0 Å². The molecule has 1 N–H and O–H groups in total. The first-order valence-corrected chi connectivity index (χ1v) is 4.99. The van der Waals surface area contributed by atoms with Crippen molar-refractivity contribution in [1.82, 2.24) is 5.32 Å². The van der Waals surface area contributed by atoms with E-state index in [1.165, 1.54) is 7.11 Å². The number of nitrogens with one attached hydrogen (secondary N) is 1. The maximum absolute atomic E-state index is 11.1. The summed E-state index contributed by atoms with van der Waals surface area (Å²) < 4.78 is 9.87. The number of rotatable bonds is 5. The third kappa shape index (κ3) is 3.40. The van der Waals surface area contributed by atoms with Crippen LogP contribution in [0.15, 0.2) is 22.8 Å². The predicted octanol–water partition coefficient (Wildman–Crippen LogP) is 1.74. The molecule has 4 nitrogen and oxygen atoms in total. The van der Waals surface area contributed by atoms with Crippen LogP contribution in [0.1, 0.15) is 25.6 Å². The third-order valence-electron chi connectivity index (χ3n) is 2.30. The minimum atomic E-state index is -0.200. The van der Waals surface area contributed by atoms with E-state index in [-0.39, 0.29) is 17.9 Å². The van der Waals surface area contributed by atoms with Gasteiger partial charge in [-0.25, -0.2) is 0 Å². The number of furan rings is 1. The first kappa shape index (κ1) is 11.8. The predicted molar refractivity (Wildman–Crippen MR) is 56.3 cm³/mol. The van der Waals surface area contributed by atoms with E-state index in [0.717, 1.165) is 5.76 Å². The van der Waals surface area contributed by atoms with E-state index in [4.69, 9.17) is 4.42 Å². The van der Waals surface area contributed by atoms with Crippen molar-refractivity contribution in [2.75, 3.05) is 13.7 Å². The molecule has 0 amide bonds. The van der Waals surface area contributed by atoms with Crippen LogP contribution in [-0.4, -0.2) is 19.6 Å². The molecular formula is C11H17NO3. The molecule has 0 aliphatic rings. The lowest BCUT2D eigenvalue weighted by atomic mass is 10.1. The average Bonchev–Trinajstić information content (AvgIpc) is 2.77. The van der Waals surface area contributed by atoms with E-state index in [2.05, 4.69) is 10.1 Å². The molecule has 4 heteroatoms. The molecule has 0 spiro atoms. The molecule has 0 saturated heterocycles. The van der Waals surface area contributed by atoms with Crippen LogP contribution >= 0.6 is 0 Å². The van der Waals surface area contributed by atoms with E-state index in [1.54, 1.807) is 6.26 Å². The number of carbonyl (C=O) groups is 1. The van der Waals surface area contributed by atoms with Gasteiger partial charge in [-0.05, 0) is 19.1 Å². The highest BCUT2D eigenvalue weighted by Crippen LogP contribution is 2.12. The molecule has 1 aromatic heterocycles. The van der Waals surface area contributed by atoms with E-state index in [9.17, 15) is 4.79 Å². The van der Waals surface area contributed by atoms with Crippen molar-refractivity contribution >= 4 is 5.97 Å². The minimum Gasteiger partial charge on any atom is -0.469 e. The second-order valence-electron chi connectivity index (χ2n) is 3.57. The Morgan fingerprint density at radius 3 is 2.87 bits per heavy atom. The Morgan fingerprint density at radius 2 is 2.33 bits per heavy atom. The molecule has 15 heavy (non-hydrogen) atoms. The van der Waals surface area contributed by atoms with Crippen LogP contribution in [-0.2, 0) is 9.53 Å². The first-order valence-electron chi connectivity index (χ1n) is 4.99. The number of carbonyl (C=O) groups excluding carboxylic acids is 1. The van der Waals surface area contributed by atoms with Gasteiger partial charge in [-0.1, -0.05) is 6.92 Å². The molecule has 0 saturated carbocycles. The Hall–Kier alpha value is -1.29. The van der Waals surface area contributed by atoms with E-state index in [1.807, 2.05) is 26.0 Å². The molecule has 0 fully saturated rings. The molecule has 0 bridgehead atoms. The second kappa shape index (κ2) is 5.56. The Morgan fingerprint density at radius 1 is 1.60 bits per heavy atom. The number of hydrogen-bond acceptors (Lipinski definition) is 4. The smallest absolute Gasteiger partial charge is 0.309 e. The van der Waals surface area contributed by atoms with Gasteiger partial charge in [0.05, 0.1) is 25.3 Å². The van der Waals surface area contributed by atoms with Gasteiger partial charge in [0, 0.05) is 6.54 Å². The lowest BCUT2D eigenvalue weighted by Gasteiger charge is -2.14. The Labute approximate surface area is 89.6 Å². The summed E-state index contributed by atoms with van der Waals surface area (Å²) in [6.07, 6.45) is 1.64. The normalized spacial score (nSPS) is 14.6. The lowest BCUT2D eigenvalue weighted by Crippen LogP contribution is -2.29. The van der Waals surface area contributed by atoms with Gasteiger partial charge in [0.1, 0.15) is 5.76 Å². The summed E-state index contributed by atoms with van der Waals surface area (Å²) in [4.78, 5) is 11.1. The monoisotopic (exact) mass is 211 g/mol. The quantitative estimate of drug-likeness (QED) is 0.754. The van der Waals surface area contributed by atoms with Gasteiger partial charge in [-0.15, -0.1) is 0 Å². The van der Waals surface area contributed by atoms with Gasteiger partial charge in [-0.3, -0.25) is 4.79 Å². The van der Waals surface area contributed by atoms with Crippen LogP contribution in [0.5, 0.6) is 0 Å². The Bertz CT molecular complexity index is 295. The fourth-order valence-corrected chi connectivity index (χ4v) is 1.28. The van der Waals surface area contributed by atoms with Crippen molar-refractivity contribution in [3.8, 4) is 0 Å². The number of methoxy groups -OCH3 is 1. The van der Waals surface area contributed by atoms with E-state index in [0.29, 0.717) is 6.54 Å². The van der Waals surface area contributed by atoms with Gasteiger partial charge in [0.15, 0.2) is 0 Å². The molecular weight excluding hydrogens is 194 g/mol. The Kier molecular flexibility index (Phi) is 4.37. The molecule has 2 atom stereocenters. The van der Waals surface area contributed by atoms with Crippen molar-refractivity contribution in [2.24, 2.45) is 5.92 Å². The summed E-state index contributed by atoms with van der Waals surface area (Å²) in [5, 5.41) is 3.21. The molecule has 0 radical (unpaired) electrons. The summed E-state index contributed by atoms with van der Waals surface area (Å²) in [6, 6.07) is 3.85. The fourth-order valence-electron chi connectivity index (χ4n) is 1.28. The average molecular weight is 211 g/mol. The fraction of sp³-hybridized carbons (Fsp3) is 0.545. The first-order chi connectivity index (χ1) is 7.15. The van der Waals surface area contributed by atoms with Gasteiger partial charge < -0.3 is 14.5 Å². The molecule has 1 heterocycles. The molecule has 84 valence electrons. The molecule has 0 aliphatic carbocycles. The van der Waals surface area contributed by atoms with Crippen LogP contribution in [0.4, 0.5) is 0 Å². The van der Waals surface area contributed by atoms with Gasteiger partial charge in [-0.2, -0.15) is 0 Å². The number of esters is 1. The number of ether oxygens (including phenoxy) is 1. The summed E-state index contributed by atoms with van der Waals surface area (Å²) in [5.41, 5.74) is 0. The topological polar surface area (TPSA) is 51.5 Å². The van der Waals surface area contributed by atoms with Crippen molar-refractivity contribution in [1.29, 1.82) is 0 Å². The second-order valence-corrected chi connectivity index (χ2v) is 3.57. The number of hydrogen-bond donors (Lipinski definition) is 1. The highest BCUT2D eigenvalue weighted by Gasteiger charge is 2.15. The summed E-state index contributed by atoms with van der Waals surface area (Å²) in [5.74, 6) is 0.522. The highest BCUT2D eigenvalue weighted by molar-refractivity contribution is 5.72. The van der Waals surface area contributed by atoms with Crippen LogP contribution in [0.25, 0.3) is 0 Å². The zero-order valence-corrected chi connectivity index (χ0v) is 9.32. The lowest BCUT2D eigenvalue weighted by molar-refractivity contribution is -0.144. The summed E-state index contributed by atoms with van der Waals surface area (Å²) in [6.45, 7) is 4.39. The van der Waals surface area contributed by atoms with E-state index >= 15 is 0 Å². The van der Waals surface area contributed by atoms with Gasteiger partial charge in [0.2, 0.25) is 0 Å². The zero-order valence-electron chi connectivity index (χ0n) is 9.32. The molecule has 0 aliphatic heterocycles. The van der Waals surface area contributed by atoms with Crippen molar-refractivity contribution in [3.63, 3.8) is 0 Å². The van der Waals surface area contributed by atoms with Crippen LogP contribution in [0, 0.1) is 5.92 Å². The standard InChI is InChI=1S/C11H17NO3/c1-8(11(13)14-3)7-12-9(2)10-5-4-6-15-10/h4-6,8-9,12H,7H2,1-3H3/t8?,9-/m1/s1. The summed E-state index contributed by atoms with van der Waals surface area (Å²) in [7, 11) is 1.40. The molecule has 1 aromatic rings. The SMILES string of the molecule is COC(=O)C(C)CN[C@H](C)c1ccco1. The maximum atomic E-state index is 11.1. The van der Waals surface area contributed by atoms with Crippen LogP contribution in [0.3, 0.4) is 0 Å². The van der Waals surface area contributed by atoms with Gasteiger partial charge in [0.25, 0.3) is 0 Å². The third-order valence-corrected chi connectivity index (χ3v) is 2.30. The molecule has 1 unspecified atom stereocenters. The molecule has 1 rings (SSSR count). The zero-order chi connectivity index (χ0) is 11.3. The van der Waals surface area contributed by atoms with Crippen molar-refractivity contribution in [3.05, 3.63) is 24.2 Å². The van der Waals surface area contributed by atoms with Gasteiger partial charge >= 0.3 is 5.97 Å².